The van der Waals surface area contributed by atoms with E-state index in [-0.39, 0.29) is 12.3 Å². The second kappa shape index (κ2) is 6.32. The summed E-state index contributed by atoms with van der Waals surface area (Å²) < 4.78 is 0. The molecule has 1 rings (SSSR count). The highest BCUT2D eigenvalue weighted by molar-refractivity contribution is 6.30. The van der Waals surface area contributed by atoms with E-state index < -0.39 is 17.6 Å². The van der Waals surface area contributed by atoms with Gasteiger partial charge < -0.3 is 15.9 Å². The molecule has 0 aliphatic rings. The van der Waals surface area contributed by atoms with Crippen LogP contribution in [0.1, 0.15) is 26.0 Å². The number of nitrogens with two attached hydrogens (primary N) is 1. The molecule has 0 aliphatic carbocycles. The Labute approximate surface area is 117 Å². The summed E-state index contributed by atoms with van der Waals surface area (Å²) in [5.41, 5.74) is 4.21. The first kappa shape index (κ1) is 15.9. The average Bonchev–Trinajstić information content (AvgIpc) is 2.27. The number of aliphatic carboxylic acids is 1. The smallest absolute Gasteiger partial charge is 0.337 e. The molecule has 0 saturated carbocycles. The number of rotatable bonds is 6. The Balaban J connectivity index is 2.97. The van der Waals surface area contributed by atoms with Gasteiger partial charge in [-0.05, 0) is 24.5 Å². The third-order valence-corrected chi connectivity index (χ3v) is 3.17. The van der Waals surface area contributed by atoms with Crippen molar-refractivity contribution in [3.63, 3.8) is 0 Å². The Kier molecular flexibility index (Phi) is 5.29. The fraction of sp³-hybridized carbons (Fsp3) is 0.538. The molecule has 2 unspecified atom stereocenters. The fourth-order valence-electron chi connectivity index (χ4n) is 1.89. The Morgan fingerprint density at radius 1 is 1.58 bits per heavy atom. The maximum absolute atomic E-state index is 11.3. The quantitative estimate of drug-likeness (QED) is 0.736. The van der Waals surface area contributed by atoms with Gasteiger partial charge in [0.25, 0.3) is 0 Å². The van der Waals surface area contributed by atoms with Crippen molar-refractivity contribution >= 4 is 17.6 Å². The molecule has 0 saturated heterocycles. The van der Waals surface area contributed by atoms with Crippen molar-refractivity contribution in [1.82, 2.24) is 4.98 Å². The number of carboxylic acid groups (broad SMARTS) is 1. The van der Waals surface area contributed by atoms with Crippen LogP contribution in [0.3, 0.4) is 0 Å². The number of aliphatic hydroxyl groups is 1. The molecule has 0 fully saturated rings. The molecule has 106 valence electrons. The van der Waals surface area contributed by atoms with Gasteiger partial charge in [0.2, 0.25) is 0 Å². The van der Waals surface area contributed by atoms with Crippen molar-refractivity contribution in [2.24, 2.45) is 11.7 Å². The molecule has 5 nitrogen and oxygen atoms in total. The van der Waals surface area contributed by atoms with E-state index in [4.69, 9.17) is 17.3 Å². The Bertz CT molecular complexity index is 453. The van der Waals surface area contributed by atoms with E-state index in [9.17, 15) is 15.0 Å². The molecule has 0 spiro atoms. The number of aromatic nitrogens is 1. The normalized spacial score (nSPS) is 16.1. The van der Waals surface area contributed by atoms with Crippen LogP contribution in [0, 0.1) is 5.92 Å². The van der Waals surface area contributed by atoms with Gasteiger partial charge in [-0.25, -0.2) is 4.79 Å². The van der Waals surface area contributed by atoms with Crippen molar-refractivity contribution in [3.8, 4) is 0 Å². The van der Waals surface area contributed by atoms with Gasteiger partial charge in [0.1, 0.15) is 0 Å². The predicted molar refractivity (Wildman–Crippen MR) is 73.0 cm³/mol. The van der Waals surface area contributed by atoms with Gasteiger partial charge in [0.15, 0.2) is 5.60 Å². The van der Waals surface area contributed by atoms with E-state index in [1.165, 1.54) is 12.3 Å². The minimum absolute atomic E-state index is 0.170. The van der Waals surface area contributed by atoms with Gasteiger partial charge in [-0.3, -0.25) is 4.98 Å². The third kappa shape index (κ3) is 4.16. The molecular weight excluding hydrogens is 268 g/mol. The summed E-state index contributed by atoms with van der Waals surface area (Å²) in [5, 5.41) is 20.0. The number of hydrogen-bond acceptors (Lipinski definition) is 4. The molecule has 19 heavy (non-hydrogen) atoms. The lowest BCUT2D eigenvalue weighted by atomic mass is 9.84. The highest BCUT2D eigenvalue weighted by atomic mass is 35.5. The SMILES string of the molecule is CC(C)CC(N)C(O)(Cc1cc(Cl)ccn1)C(=O)O. The molecular formula is C13H19ClN2O3. The van der Waals surface area contributed by atoms with E-state index in [0.29, 0.717) is 17.1 Å². The van der Waals surface area contributed by atoms with E-state index in [1.54, 1.807) is 6.07 Å². The van der Waals surface area contributed by atoms with Crippen molar-refractivity contribution in [3.05, 3.63) is 29.0 Å². The minimum atomic E-state index is -2.04. The second-order valence-electron chi connectivity index (χ2n) is 5.11. The Morgan fingerprint density at radius 2 is 2.21 bits per heavy atom. The van der Waals surface area contributed by atoms with Gasteiger partial charge in [0, 0.05) is 29.4 Å². The van der Waals surface area contributed by atoms with Crippen molar-refractivity contribution in [1.29, 1.82) is 0 Å². The molecule has 0 bridgehead atoms. The molecule has 1 aromatic heterocycles. The maximum Gasteiger partial charge on any atom is 0.337 e. The van der Waals surface area contributed by atoms with Gasteiger partial charge in [-0.2, -0.15) is 0 Å². The summed E-state index contributed by atoms with van der Waals surface area (Å²) in [6.45, 7) is 3.83. The summed E-state index contributed by atoms with van der Waals surface area (Å²) in [7, 11) is 0. The first-order chi connectivity index (χ1) is 8.75. The Morgan fingerprint density at radius 3 is 2.68 bits per heavy atom. The van der Waals surface area contributed by atoms with Gasteiger partial charge in [0.05, 0.1) is 0 Å². The first-order valence-electron chi connectivity index (χ1n) is 6.07. The van der Waals surface area contributed by atoms with Crippen LogP contribution in [0.2, 0.25) is 5.02 Å². The molecule has 4 N–H and O–H groups in total. The monoisotopic (exact) mass is 286 g/mol. The van der Waals surface area contributed by atoms with Crippen LogP contribution in [-0.2, 0) is 11.2 Å². The summed E-state index contributed by atoms with van der Waals surface area (Å²) in [6.07, 6.45) is 1.70. The van der Waals surface area contributed by atoms with Gasteiger partial charge in [-0.15, -0.1) is 0 Å². The maximum atomic E-state index is 11.3. The second-order valence-corrected chi connectivity index (χ2v) is 5.54. The lowest BCUT2D eigenvalue weighted by Crippen LogP contribution is -2.56. The van der Waals surface area contributed by atoms with Crippen molar-refractivity contribution < 1.29 is 15.0 Å². The number of pyridine rings is 1. The van der Waals surface area contributed by atoms with Crippen LogP contribution in [0.5, 0.6) is 0 Å². The third-order valence-electron chi connectivity index (χ3n) is 2.94. The fourth-order valence-corrected chi connectivity index (χ4v) is 2.07. The summed E-state index contributed by atoms with van der Waals surface area (Å²) in [5.74, 6) is -1.16. The van der Waals surface area contributed by atoms with Crippen LogP contribution < -0.4 is 5.73 Å². The predicted octanol–water partition coefficient (Wildman–Crippen LogP) is 1.47. The number of carbonyl (C=O) groups is 1. The van der Waals surface area contributed by atoms with Gasteiger partial charge in [-0.1, -0.05) is 25.4 Å². The lowest BCUT2D eigenvalue weighted by Gasteiger charge is -2.30. The van der Waals surface area contributed by atoms with Crippen LogP contribution in [0.25, 0.3) is 0 Å². The van der Waals surface area contributed by atoms with Crippen LogP contribution >= 0.6 is 11.6 Å². The zero-order valence-electron chi connectivity index (χ0n) is 11.0. The topological polar surface area (TPSA) is 96.4 Å². The van der Waals surface area contributed by atoms with Crippen LogP contribution in [-0.4, -0.2) is 32.8 Å². The molecule has 1 heterocycles. The standard InChI is InChI=1S/C13H19ClN2O3/c1-8(2)5-11(15)13(19,12(17)18)7-10-6-9(14)3-4-16-10/h3-4,6,8,11,19H,5,7,15H2,1-2H3,(H,17,18). The molecule has 0 radical (unpaired) electrons. The summed E-state index contributed by atoms with van der Waals surface area (Å²) >= 11 is 5.82. The highest BCUT2D eigenvalue weighted by Crippen LogP contribution is 2.22. The molecule has 2 atom stereocenters. The summed E-state index contributed by atoms with van der Waals surface area (Å²) in [4.78, 5) is 15.3. The van der Waals surface area contributed by atoms with E-state index >= 15 is 0 Å². The van der Waals surface area contributed by atoms with Crippen LogP contribution in [0.15, 0.2) is 18.3 Å². The molecule has 1 aromatic rings. The van der Waals surface area contributed by atoms with E-state index in [1.807, 2.05) is 13.8 Å². The zero-order chi connectivity index (χ0) is 14.6. The zero-order valence-corrected chi connectivity index (χ0v) is 11.8. The van der Waals surface area contributed by atoms with E-state index in [2.05, 4.69) is 4.98 Å². The number of nitrogens with zero attached hydrogens (tertiary/aromatic N) is 1. The number of hydrogen-bond donors (Lipinski definition) is 3. The Hall–Kier alpha value is -1.17. The molecule has 0 aromatic carbocycles. The molecule has 0 aliphatic heterocycles. The highest BCUT2D eigenvalue weighted by Gasteiger charge is 2.43. The molecule has 0 amide bonds. The average molecular weight is 287 g/mol. The molecule has 6 heteroatoms. The minimum Gasteiger partial charge on any atom is -0.479 e. The van der Waals surface area contributed by atoms with E-state index in [0.717, 1.165) is 0 Å². The lowest BCUT2D eigenvalue weighted by molar-refractivity contribution is -0.161. The van der Waals surface area contributed by atoms with Crippen molar-refractivity contribution in [2.75, 3.05) is 0 Å². The van der Waals surface area contributed by atoms with Gasteiger partial charge >= 0.3 is 5.97 Å². The largest absolute Gasteiger partial charge is 0.479 e. The number of halogens is 1. The number of carboxylic acids is 1. The summed E-state index contributed by atoms with van der Waals surface area (Å²) in [6, 6.07) is 2.24. The first-order valence-corrected chi connectivity index (χ1v) is 6.45. The van der Waals surface area contributed by atoms with Crippen LogP contribution in [0.4, 0.5) is 0 Å². The van der Waals surface area contributed by atoms with Crippen molar-refractivity contribution in [2.45, 2.75) is 38.3 Å².